The van der Waals surface area contributed by atoms with E-state index in [-0.39, 0.29) is 18.9 Å². The van der Waals surface area contributed by atoms with Gasteiger partial charge in [0.05, 0.1) is 17.9 Å². The smallest absolute Gasteiger partial charge is 0.341 e. The summed E-state index contributed by atoms with van der Waals surface area (Å²) in [5, 5.41) is 8.90. The standard InChI is InChI=1S/C15H13F2NO3/c16-12-6-14(18)13(17)5-11(12)15(20)21-8-10-3-1-9(7-19)2-4-10/h1-6,19H,7-8,18H2. The molecule has 0 spiro atoms. The average molecular weight is 293 g/mol. The molecule has 0 aliphatic heterocycles. The molecule has 0 amide bonds. The second-order valence-corrected chi connectivity index (χ2v) is 4.40. The summed E-state index contributed by atoms with van der Waals surface area (Å²) < 4.78 is 31.7. The van der Waals surface area contributed by atoms with Gasteiger partial charge in [-0.3, -0.25) is 0 Å². The van der Waals surface area contributed by atoms with Gasteiger partial charge >= 0.3 is 5.97 Å². The van der Waals surface area contributed by atoms with E-state index >= 15 is 0 Å². The Kier molecular flexibility index (Phi) is 4.49. The zero-order valence-electron chi connectivity index (χ0n) is 11.0. The summed E-state index contributed by atoms with van der Waals surface area (Å²) >= 11 is 0. The summed E-state index contributed by atoms with van der Waals surface area (Å²) in [6.07, 6.45) is 0. The number of ether oxygens (including phenoxy) is 1. The number of aliphatic hydroxyl groups is 1. The zero-order chi connectivity index (χ0) is 15.4. The molecule has 0 saturated heterocycles. The molecule has 0 aromatic heterocycles. The van der Waals surface area contributed by atoms with E-state index in [1.54, 1.807) is 24.3 Å². The number of esters is 1. The molecule has 110 valence electrons. The first-order chi connectivity index (χ1) is 10.0. The van der Waals surface area contributed by atoms with E-state index in [9.17, 15) is 13.6 Å². The van der Waals surface area contributed by atoms with Crippen molar-refractivity contribution < 1.29 is 23.4 Å². The number of nitrogens with two attached hydrogens (primary N) is 1. The third-order valence-corrected chi connectivity index (χ3v) is 2.88. The number of rotatable bonds is 4. The van der Waals surface area contributed by atoms with Crippen LogP contribution >= 0.6 is 0 Å². The Labute approximate surface area is 119 Å². The van der Waals surface area contributed by atoms with Gasteiger partial charge in [0.2, 0.25) is 0 Å². The molecule has 0 radical (unpaired) electrons. The summed E-state index contributed by atoms with van der Waals surface area (Å²) in [5.41, 5.74) is 5.70. The first-order valence-corrected chi connectivity index (χ1v) is 6.11. The van der Waals surface area contributed by atoms with Crippen LogP contribution in [0, 0.1) is 11.6 Å². The first-order valence-electron chi connectivity index (χ1n) is 6.11. The van der Waals surface area contributed by atoms with Crippen molar-refractivity contribution in [2.45, 2.75) is 13.2 Å². The van der Waals surface area contributed by atoms with Gasteiger partial charge in [0.1, 0.15) is 18.2 Å². The predicted octanol–water partition coefficient (Wildman–Crippen LogP) is 2.40. The molecule has 2 aromatic rings. The van der Waals surface area contributed by atoms with Crippen molar-refractivity contribution in [3.8, 4) is 0 Å². The van der Waals surface area contributed by atoms with Crippen molar-refractivity contribution in [1.82, 2.24) is 0 Å². The van der Waals surface area contributed by atoms with E-state index in [0.29, 0.717) is 11.6 Å². The number of carbonyl (C=O) groups is 1. The Bertz CT molecular complexity index is 657. The summed E-state index contributed by atoms with van der Waals surface area (Å²) in [4.78, 5) is 11.7. The molecule has 0 saturated carbocycles. The lowest BCUT2D eigenvalue weighted by Gasteiger charge is -2.07. The van der Waals surface area contributed by atoms with Crippen molar-refractivity contribution in [2.75, 3.05) is 5.73 Å². The average Bonchev–Trinajstić information content (AvgIpc) is 2.49. The fraction of sp³-hybridized carbons (Fsp3) is 0.133. The maximum atomic E-state index is 13.5. The summed E-state index contributed by atoms with van der Waals surface area (Å²) in [7, 11) is 0. The largest absolute Gasteiger partial charge is 0.457 e. The maximum absolute atomic E-state index is 13.5. The molecule has 0 aliphatic rings. The quantitative estimate of drug-likeness (QED) is 0.670. The number of hydrogen-bond acceptors (Lipinski definition) is 4. The molecule has 2 aromatic carbocycles. The highest BCUT2D eigenvalue weighted by Gasteiger charge is 2.16. The van der Waals surface area contributed by atoms with E-state index in [1.807, 2.05) is 0 Å². The van der Waals surface area contributed by atoms with Gasteiger partial charge < -0.3 is 15.6 Å². The normalized spacial score (nSPS) is 10.4. The predicted molar refractivity (Wildman–Crippen MR) is 72.3 cm³/mol. The molecule has 21 heavy (non-hydrogen) atoms. The fourth-order valence-corrected chi connectivity index (χ4v) is 1.69. The molecule has 4 nitrogen and oxygen atoms in total. The van der Waals surface area contributed by atoms with Gasteiger partial charge in [0, 0.05) is 6.07 Å². The highest BCUT2D eigenvalue weighted by atomic mass is 19.1. The monoisotopic (exact) mass is 293 g/mol. The number of anilines is 1. The molecule has 6 heteroatoms. The van der Waals surface area contributed by atoms with Crippen molar-refractivity contribution in [1.29, 1.82) is 0 Å². The van der Waals surface area contributed by atoms with Gasteiger partial charge in [-0.1, -0.05) is 24.3 Å². The van der Waals surface area contributed by atoms with Crippen LogP contribution in [-0.2, 0) is 18.0 Å². The Balaban J connectivity index is 2.06. The second kappa shape index (κ2) is 6.32. The van der Waals surface area contributed by atoms with Crippen molar-refractivity contribution in [3.05, 3.63) is 64.7 Å². The van der Waals surface area contributed by atoms with E-state index in [1.165, 1.54) is 0 Å². The molecule has 0 atom stereocenters. The van der Waals surface area contributed by atoms with Crippen LogP contribution < -0.4 is 5.73 Å². The van der Waals surface area contributed by atoms with Crippen LogP contribution in [-0.4, -0.2) is 11.1 Å². The van der Waals surface area contributed by atoms with Crippen molar-refractivity contribution >= 4 is 11.7 Å². The lowest BCUT2D eigenvalue weighted by molar-refractivity contribution is 0.0466. The van der Waals surface area contributed by atoms with E-state index in [4.69, 9.17) is 15.6 Å². The lowest BCUT2D eigenvalue weighted by atomic mass is 10.1. The Hall–Kier alpha value is -2.47. The van der Waals surface area contributed by atoms with Crippen LogP contribution in [0.25, 0.3) is 0 Å². The van der Waals surface area contributed by atoms with Crippen LogP contribution in [0.2, 0.25) is 0 Å². The van der Waals surface area contributed by atoms with Gasteiger partial charge in [-0.05, 0) is 17.2 Å². The minimum atomic E-state index is -0.974. The lowest BCUT2D eigenvalue weighted by Crippen LogP contribution is -2.09. The van der Waals surface area contributed by atoms with E-state index < -0.39 is 23.2 Å². The minimum Gasteiger partial charge on any atom is -0.457 e. The molecule has 2 rings (SSSR count). The van der Waals surface area contributed by atoms with Gasteiger partial charge in [0.15, 0.2) is 0 Å². The van der Waals surface area contributed by atoms with Gasteiger partial charge in [-0.15, -0.1) is 0 Å². The topological polar surface area (TPSA) is 72.6 Å². The molecule has 0 fully saturated rings. The van der Waals surface area contributed by atoms with E-state index in [0.717, 1.165) is 11.6 Å². The molecule has 0 unspecified atom stereocenters. The Morgan fingerprint density at radius 1 is 1.10 bits per heavy atom. The second-order valence-electron chi connectivity index (χ2n) is 4.40. The van der Waals surface area contributed by atoms with Gasteiger partial charge in [-0.2, -0.15) is 0 Å². The number of halogens is 2. The summed E-state index contributed by atoms with van der Waals surface area (Å²) in [6.45, 7) is -0.175. The van der Waals surface area contributed by atoms with Crippen LogP contribution in [0.1, 0.15) is 21.5 Å². The number of aliphatic hydroxyl groups excluding tert-OH is 1. The SMILES string of the molecule is Nc1cc(F)c(C(=O)OCc2ccc(CO)cc2)cc1F. The number of benzene rings is 2. The molecule has 0 bridgehead atoms. The summed E-state index contributed by atoms with van der Waals surface area (Å²) in [5.74, 6) is -2.79. The number of nitrogen functional groups attached to an aromatic ring is 1. The maximum Gasteiger partial charge on any atom is 0.341 e. The van der Waals surface area contributed by atoms with Gasteiger partial charge in [-0.25, -0.2) is 13.6 Å². The van der Waals surface area contributed by atoms with Crippen molar-refractivity contribution in [2.24, 2.45) is 0 Å². The van der Waals surface area contributed by atoms with Crippen LogP contribution in [0.15, 0.2) is 36.4 Å². The van der Waals surface area contributed by atoms with Crippen molar-refractivity contribution in [3.63, 3.8) is 0 Å². The van der Waals surface area contributed by atoms with E-state index in [2.05, 4.69) is 0 Å². The highest BCUT2D eigenvalue weighted by molar-refractivity contribution is 5.90. The molecule has 0 heterocycles. The zero-order valence-corrected chi connectivity index (χ0v) is 11.0. The Morgan fingerprint density at radius 3 is 2.33 bits per heavy atom. The molecular formula is C15H13F2NO3. The first kappa shape index (κ1) is 14.9. The summed E-state index contributed by atoms with van der Waals surface area (Å²) in [6, 6.07) is 8.13. The van der Waals surface area contributed by atoms with Crippen LogP contribution in [0.5, 0.6) is 0 Å². The number of carbonyl (C=O) groups excluding carboxylic acids is 1. The number of hydrogen-bond donors (Lipinski definition) is 2. The van der Waals surface area contributed by atoms with Crippen LogP contribution in [0.3, 0.4) is 0 Å². The highest BCUT2D eigenvalue weighted by Crippen LogP contribution is 2.18. The third kappa shape index (κ3) is 3.55. The fourth-order valence-electron chi connectivity index (χ4n) is 1.69. The van der Waals surface area contributed by atoms with Crippen LogP contribution in [0.4, 0.5) is 14.5 Å². The molecule has 3 N–H and O–H groups in total. The molecule has 0 aliphatic carbocycles. The third-order valence-electron chi connectivity index (χ3n) is 2.88. The Morgan fingerprint density at radius 2 is 1.71 bits per heavy atom. The molecular weight excluding hydrogens is 280 g/mol. The minimum absolute atomic E-state index is 0.0873. The van der Waals surface area contributed by atoms with Gasteiger partial charge in [0.25, 0.3) is 0 Å².